The van der Waals surface area contributed by atoms with E-state index in [1.54, 1.807) is 4.31 Å². The van der Waals surface area contributed by atoms with E-state index in [9.17, 15) is 8.42 Å². The van der Waals surface area contributed by atoms with Gasteiger partial charge in [-0.3, -0.25) is 0 Å². The molecular weight excluding hydrogens is 373 g/mol. The van der Waals surface area contributed by atoms with Crippen molar-refractivity contribution in [1.82, 2.24) is 4.31 Å². The lowest BCUT2D eigenvalue weighted by Crippen LogP contribution is -2.33. The fraction of sp³-hybridized carbons (Fsp3) is 0.571. The van der Waals surface area contributed by atoms with Crippen LogP contribution in [0.5, 0.6) is 0 Å². The molecule has 0 fully saturated rings. The Morgan fingerprint density at radius 2 is 1.68 bits per heavy atom. The van der Waals surface area contributed by atoms with Gasteiger partial charge in [0.05, 0.1) is 4.90 Å². The summed E-state index contributed by atoms with van der Waals surface area (Å²) in [5.41, 5.74) is 2.78. The molecule has 3 nitrogen and oxygen atoms in total. The molecule has 108 valence electrons. The van der Waals surface area contributed by atoms with Crippen LogP contribution in [0.4, 0.5) is 0 Å². The van der Waals surface area contributed by atoms with Gasteiger partial charge in [-0.05, 0) is 38.3 Å². The Morgan fingerprint density at radius 1 is 1.16 bits per heavy atom. The van der Waals surface area contributed by atoms with Crippen LogP contribution in [-0.2, 0) is 10.0 Å². The standard InChI is InChI=1S/C14H22INO2S/c1-5-16(8-6-7-15)19(17,18)14-12(3)9-11(2)10-13(14)4/h9-10H,5-8H2,1-4H3. The fourth-order valence-corrected chi connectivity index (χ4v) is 4.63. The molecular formula is C14H22INO2S. The van der Waals surface area contributed by atoms with Gasteiger partial charge in [-0.15, -0.1) is 0 Å². The summed E-state index contributed by atoms with van der Waals surface area (Å²) in [6, 6.07) is 3.87. The molecule has 0 aliphatic heterocycles. The highest BCUT2D eigenvalue weighted by Crippen LogP contribution is 2.25. The van der Waals surface area contributed by atoms with Crippen molar-refractivity contribution in [1.29, 1.82) is 0 Å². The van der Waals surface area contributed by atoms with Crippen molar-refractivity contribution in [3.8, 4) is 0 Å². The highest BCUT2D eigenvalue weighted by Gasteiger charge is 2.26. The second-order valence-electron chi connectivity index (χ2n) is 4.77. The SMILES string of the molecule is CCN(CCCI)S(=O)(=O)c1c(C)cc(C)cc1C. The van der Waals surface area contributed by atoms with E-state index in [-0.39, 0.29) is 0 Å². The molecule has 0 N–H and O–H groups in total. The molecule has 0 aliphatic rings. The second kappa shape index (κ2) is 7.04. The Balaban J connectivity index is 3.26. The third kappa shape index (κ3) is 3.92. The molecule has 5 heteroatoms. The number of rotatable bonds is 6. The van der Waals surface area contributed by atoms with Gasteiger partial charge in [-0.1, -0.05) is 47.2 Å². The first-order chi connectivity index (χ1) is 8.84. The second-order valence-corrected chi connectivity index (χ2v) is 7.72. The summed E-state index contributed by atoms with van der Waals surface area (Å²) in [6.45, 7) is 8.74. The number of nitrogens with zero attached hydrogens (tertiary/aromatic N) is 1. The van der Waals surface area contributed by atoms with E-state index >= 15 is 0 Å². The molecule has 0 amide bonds. The highest BCUT2D eigenvalue weighted by molar-refractivity contribution is 14.1. The average molecular weight is 395 g/mol. The normalized spacial score (nSPS) is 12.1. The zero-order chi connectivity index (χ0) is 14.6. The summed E-state index contributed by atoms with van der Waals surface area (Å²) in [6.07, 6.45) is 0.886. The van der Waals surface area contributed by atoms with Crippen molar-refractivity contribution < 1.29 is 8.42 Å². The molecule has 0 unspecified atom stereocenters. The maximum atomic E-state index is 12.7. The van der Waals surface area contributed by atoms with Crippen LogP contribution < -0.4 is 0 Å². The molecule has 0 saturated heterocycles. The minimum Gasteiger partial charge on any atom is -0.207 e. The van der Waals surface area contributed by atoms with Crippen LogP contribution in [0.2, 0.25) is 0 Å². The van der Waals surface area contributed by atoms with Gasteiger partial charge in [0.2, 0.25) is 10.0 Å². The summed E-state index contributed by atoms with van der Waals surface area (Å²) in [7, 11) is -3.37. The van der Waals surface area contributed by atoms with Crippen LogP contribution in [0, 0.1) is 20.8 Å². The van der Waals surface area contributed by atoms with Crippen LogP contribution >= 0.6 is 22.6 Å². The average Bonchev–Trinajstić information content (AvgIpc) is 2.27. The van der Waals surface area contributed by atoms with E-state index in [0.29, 0.717) is 18.0 Å². The Kier molecular flexibility index (Phi) is 6.26. The summed E-state index contributed by atoms with van der Waals surface area (Å²) in [4.78, 5) is 0.480. The van der Waals surface area contributed by atoms with Gasteiger partial charge < -0.3 is 0 Å². The van der Waals surface area contributed by atoms with E-state index in [2.05, 4.69) is 22.6 Å². The monoisotopic (exact) mass is 395 g/mol. The van der Waals surface area contributed by atoms with Crippen molar-refractivity contribution in [2.75, 3.05) is 17.5 Å². The summed E-state index contributed by atoms with van der Waals surface area (Å²) >= 11 is 2.28. The number of alkyl halides is 1. The van der Waals surface area contributed by atoms with Gasteiger partial charge in [0.1, 0.15) is 0 Å². The molecule has 1 aromatic rings. The number of aryl methyl sites for hydroxylation is 3. The number of sulfonamides is 1. The van der Waals surface area contributed by atoms with Gasteiger partial charge >= 0.3 is 0 Å². The molecule has 0 aromatic heterocycles. The molecule has 0 bridgehead atoms. The predicted octanol–water partition coefficient (Wildman–Crippen LogP) is 3.45. The molecule has 0 spiro atoms. The lowest BCUT2D eigenvalue weighted by molar-refractivity contribution is 0.428. The number of benzene rings is 1. The fourth-order valence-electron chi connectivity index (χ4n) is 2.39. The third-order valence-corrected chi connectivity index (χ3v) is 6.14. The van der Waals surface area contributed by atoms with Gasteiger partial charge in [-0.2, -0.15) is 4.31 Å². The van der Waals surface area contributed by atoms with Crippen LogP contribution in [0.3, 0.4) is 0 Å². The highest BCUT2D eigenvalue weighted by atomic mass is 127. The smallest absolute Gasteiger partial charge is 0.207 e. The lowest BCUT2D eigenvalue weighted by atomic mass is 10.1. The van der Waals surface area contributed by atoms with Crippen LogP contribution in [-0.4, -0.2) is 30.2 Å². The molecule has 0 heterocycles. The maximum absolute atomic E-state index is 12.7. The Labute approximate surface area is 130 Å². The zero-order valence-corrected chi connectivity index (χ0v) is 15.0. The van der Waals surface area contributed by atoms with E-state index in [1.165, 1.54) is 0 Å². The molecule has 0 atom stereocenters. The summed E-state index contributed by atoms with van der Waals surface area (Å²) < 4.78 is 28.0. The number of halogens is 1. The molecule has 0 radical (unpaired) electrons. The summed E-state index contributed by atoms with van der Waals surface area (Å²) in [5.74, 6) is 0. The Bertz CT molecular complexity index is 517. The van der Waals surface area contributed by atoms with Gasteiger partial charge in [0.15, 0.2) is 0 Å². The minimum absolute atomic E-state index is 0.480. The summed E-state index contributed by atoms with van der Waals surface area (Å²) in [5, 5.41) is 0. The first-order valence-electron chi connectivity index (χ1n) is 6.48. The Morgan fingerprint density at radius 3 is 2.11 bits per heavy atom. The van der Waals surface area contributed by atoms with Crippen LogP contribution in [0.1, 0.15) is 30.0 Å². The van der Waals surface area contributed by atoms with Crippen molar-refractivity contribution >= 4 is 32.6 Å². The van der Waals surface area contributed by atoms with Crippen LogP contribution in [0.15, 0.2) is 17.0 Å². The quantitative estimate of drug-likeness (QED) is 0.547. The largest absolute Gasteiger partial charge is 0.243 e. The van der Waals surface area contributed by atoms with E-state index in [1.807, 2.05) is 39.8 Å². The van der Waals surface area contributed by atoms with Crippen molar-refractivity contribution in [2.45, 2.75) is 39.0 Å². The van der Waals surface area contributed by atoms with E-state index in [0.717, 1.165) is 27.5 Å². The zero-order valence-electron chi connectivity index (χ0n) is 12.0. The van der Waals surface area contributed by atoms with Gasteiger partial charge in [0.25, 0.3) is 0 Å². The van der Waals surface area contributed by atoms with Crippen LogP contribution in [0.25, 0.3) is 0 Å². The first-order valence-corrected chi connectivity index (χ1v) is 9.45. The lowest BCUT2D eigenvalue weighted by Gasteiger charge is -2.22. The maximum Gasteiger partial charge on any atom is 0.243 e. The molecule has 0 aliphatic carbocycles. The minimum atomic E-state index is -3.37. The number of hydrogen-bond donors (Lipinski definition) is 0. The molecule has 1 rings (SSSR count). The van der Waals surface area contributed by atoms with Gasteiger partial charge in [0, 0.05) is 17.5 Å². The first kappa shape index (κ1) is 16.9. The molecule has 19 heavy (non-hydrogen) atoms. The van der Waals surface area contributed by atoms with Crippen molar-refractivity contribution in [3.05, 3.63) is 28.8 Å². The van der Waals surface area contributed by atoms with Crippen molar-refractivity contribution in [3.63, 3.8) is 0 Å². The predicted molar refractivity (Wildman–Crippen MR) is 88.6 cm³/mol. The Hall–Kier alpha value is -0.140. The third-order valence-electron chi connectivity index (χ3n) is 3.10. The number of hydrogen-bond acceptors (Lipinski definition) is 2. The van der Waals surface area contributed by atoms with E-state index < -0.39 is 10.0 Å². The topological polar surface area (TPSA) is 37.4 Å². The molecule has 0 saturated carbocycles. The van der Waals surface area contributed by atoms with Gasteiger partial charge in [-0.25, -0.2) is 8.42 Å². The molecule has 1 aromatic carbocycles. The van der Waals surface area contributed by atoms with Crippen molar-refractivity contribution in [2.24, 2.45) is 0 Å². The van der Waals surface area contributed by atoms with E-state index in [4.69, 9.17) is 0 Å².